The zero-order chi connectivity index (χ0) is 11.5. The molecule has 0 aromatic heterocycles. The van der Waals surface area contributed by atoms with Gasteiger partial charge in [-0.05, 0) is 41.3 Å². The molecule has 0 aliphatic carbocycles. The number of benzene rings is 2. The molecular weight excluding hydrogens is 199 g/mol. The molecule has 0 nitrogen and oxygen atoms in total. The van der Waals surface area contributed by atoms with Crippen molar-refractivity contribution in [1.82, 2.24) is 0 Å². The average Bonchev–Trinajstić information content (AvgIpc) is 2.30. The highest BCUT2D eigenvalue weighted by Gasteiger charge is 2.04. The average molecular weight is 212 g/mol. The van der Waals surface area contributed by atoms with Crippen molar-refractivity contribution in [1.29, 1.82) is 0 Å². The minimum atomic E-state index is -0.221. The first-order valence-corrected chi connectivity index (χ1v) is 5.19. The molecule has 0 atom stereocenters. The van der Waals surface area contributed by atoms with Crippen molar-refractivity contribution >= 4 is 5.57 Å². The largest absolute Gasteiger partial charge is 0.207 e. The zero-order valence-corrected chi connectivity index (χ0v) is 9.20. The molecule has 0 aliphatic heterocycles. The van der Waals surface area contributed by atoms with E-state index < -0.39 is 0 Å². The molecule has 0 saturated carbocycles. The van der Waals surface area contributed by atoms with Gasteiger partial charge in [0.25, 0.3) is 0 Å². The van der Waals surface area contributed by atoms with Crippen molar-refractivity contribution in [3.8, 4) is 0 Å². The molecule has 0 unspecified atom stereocenters. The molecular formula is C15H13F. The molecule has 0 amide bonds. The van der Waals surface area contributed by atoms with Crippen LogP contribution >= 0.6 is 0 Å². The van der Waals surface area contributed by atoms with Crippen molar-refractivity contribution in [2.45, 2.75) is 6.92 Å². The predicted octanol–water partition coefficient (Wildman–Crippen LogP) is 4.20. The van der Waals surface area contributed by atoms with Crippen LogP contribution in [0, 0.1) is 12.7 Å². The fourth-order valence-electron chi connectivity index (χ4n) is 1.72. The lowest BCUT2D eigenvalue weighted by atomic mass is 9.96. The zero-order valence-electron chi connectivity index (χ0n) is 9.20. The maximum Gasteiger partial charge on any atom is 0.123 e. The molecule has 0 spiro atoms. The molecule has 1 heteroatoms. The summed E-state index contributed by atoms with van der Waals surface area (Å²) in [6, 6.07) is 14.5. The highest BCUT2D eigenvalue weighted by atomic mass is 19.1. The number of aryl methyl sites for hydroxylation is 1. The molecule has 2 rings (SSSR count). The Kier molecular flexibility index (Phi) is 2.86. The number of halogens is 1. The van der Waals surface area contributed by atoms with Gasteiger partial charge < -0.3 is 0 Å². The van der Waals surface area contributed by atoms with Gasteiger partial charge in [0, 0.05) is 0 Å². The van der Waals surface area contributed by atoms with Gasteiger partial charge in [0.15, 0.2) is 0 Å². The Morgan fingerprint density at radius 2 is 1.62 bits per heavy atom. The molecule has 0 saturated heterocycles. The molecule has 0 fully saturated rings. The van der Waals surface area contributed by atoms with E-state index in [0.717, 1.165) is 16.7 Å². The molecule has 16 heavy (non-hydrogen) atoms. The first kappa shape index (κ1) is 10.6. The first-order chi connectivity index (χ1) is 7.68. The van der Waals surface area contributed by atoms with Crippen LogP contribution in [-0.2, 0) is 0 Å². The van der Waals surface area contributed by atoms with Crippen LogP contribution in [0.2, 0.25) is 0 Å². The van der Waals surface area contributed by atoms with Gasteiger partial charge in [-0.1, -0.05) is 43.0 Å². The van der Waals surface area contributed by atoms with Crippen molar-refractivity contribution in [3.05, 3.63) is 77.6 Å². The van der Waals surface area contributed by atoms with Gasteiger partial charge in [0.05, 0.1) is 0 Å². The van der Waals surface area contributed by atoms with Crippen molar-refractivity contribution in [2.75, 3.05) is 0 Å². The van der Waals surface area contributed by atoms with E-state index in [0.29, 0.717) is 0 Å². The normalized spacial score (nSPS) is 10.1. The van der Waals surface area contributed by atoms with Gasteiger partial charge >= 0.3 is 0 Å². The van der Waals surface area contributed by atoms with Gasteiger partial charge in [-0.25, -0.2) is 4.39 Å². The third kappa shape index (κ3) is 2.03. The lowest BCUT2D eigenvalue weighted by molar-refractivity contribution is 0.627. The summed E-state index contributed by atoms with van der Waals surface area (Å²) < 4.78 is 12.8. The fourth-order valence-corrected chi connectivity index (χ4v) is 1.72. The lowest BCUT2D eigenvalue weighted by Gasteiger charge is -2.09. The molecule has 0 aliphatic rings. The van der Waals surface area contributed by atoms with Crippen LogP contribution in [0.25, 0.3) is 5.57 Å². The second-order valence-electron chi connectivity index (χ2n) is 3.80. The fraction of sp³-hybridized carbons (Fsp3) is 0.0667. The minimum Gasteiger partial charge on any atom is -0.207 e. The van der Waals surface area contributed by atoms with Gasteiger partial charge in [0.1, 0.15) is 5.82 Å². The topological polar surface area (TPSA) is 0 Å². The van der Waals surface area contributed by atoms with Gasteiger partial charge in [0.2, 0.25) is 0 Å². The minimum absolute atomic E-state index is 0.221. The van der Waals surface area contributed by atoms with E-state index in [9.17, 15) is 4.39 Å². The van der Waals surface area contributed by atoms with Gasteiger partial charge in [-0.3, -0.25) is 0 Å². The highest BCUT2D eigenvalue weighted by Crippen LogP contribution is 2.24. The monoisotopic (exact) mass is 212 g/mol. The van der Waals surface area contributed by atoms with E-state index in [4.69, 9.17) is 0 Å². The summed E-state index contributed by atoms with van der Waals surface area (Å²) in [4.78, 5) is 0. The highest BCUT2D eigenvalue weighted by molar-refractivity contribution is 5.79. The van der Waals surface area contributed by atoms with Gasteiger partial charge in [-0.15, -0.1) is 0 Å². The van der Waals surface area contributed by atoms with Crippen molar-refractivity contribution in [2.24, 2.45) is 0 Å². The Morgan fingerprint density at radius 3 is 2.25 bits per heavy atom. The third-order valence-electron chi connectivity index (χ3n) is 2.66. The SMILES string of the molecule is C=C(c1ccc(F)cc1)c1ccccc1C. The van der Waals surface area contributed by atoms with E-state index in [2.05, 4.69) is 6.58 Å². The van der Waals surface area contributed by atoms with Gasteiger partial charge in [-0.2, -0.15) is 0 Å². The van der Waals surface area contributed by atoms with Crippen LogP contribution < -0.4 is 0 Å². The molecule has 0 heterocycles. The predicted molar refractivity (Wildman–Crippen MR) is 65.7 cm³/mol. The molecule has 0 radical (unpaired) electrons. The summed E-state index contributed by atoms with van der Waals surface area (Å²) in [7, 11) is 0. The maximum atomic E-state index is 12.8. The van der Waals surface area contributed by atoms with E-state index in [1.165, 1.54) is 17.7 Å². The summed E-state index contributed by atoms with van der Waals surface area (Å²) in [5, 5.41) is 0. The third-order valence-corrected chi connectivity index (χ3v) is 2.66. The second-order valence-corrected chi connectivity index (χ2v) is 3.80. The van der Waals surface area contributed by atoms with Crippen molar-refractivity contribution < 1.29 is 4.39 Å². The Balaban J connectivity index is 2.40. The van der Waals surface area contributed by atoms with E-state index in [-0.39, 0.29) is 5.82 Å². The standard InChI is InChI=1S/C15H13F/c1-11-5-3-4-6-15(11)12(2)13-7-9-14(16)10-8-13/h3-10H,2H2,1H3. The Bertz CT molecular complexity index is 509. The second kappa shape index (κ2) is 4.31. The number of hydrogen-bond acceptors (Lipinski definition) is 0. The summed E-state index contributed by atoms with van der Waals surface area (Å²) in [6.45, 7) is 6.11. The van der Waals surface area contributed by atoms with Crippen LogP contribution in [0.5, 0.6) is 0 Å². The summed E-state index contributed by atoms with van der Waals surface area (Å²) in [6.07, 6.45) is 0. The molecule has 0 N–H and O–H groups in total. The van der Waals surface area contributed by atoms with Crippen LogP contribution in [-0.4, -0.2) is 0 Å². The van der Waals surface area contributed by atoms with Crippen LogP contribution in [0.4, 0.5) is 4.39 Å². The van der Waals surface area contributed by atoms with Crippen molar-refractivity contribution in [3.63, 3.8) is 0 Å². The van der Waals surface area contributed by atoms with Crippen LogP contribution in [0.15, 0.2) is 55.1 Å². The van der Waals surface area contributed by atoms with Crippen LogP contribution in [0.1, 0.15) is 16.7 Å². The van der Waals surface area contributed by atoms with E-state index >= 15 is 0 Å². The maximum absolute atomic E-state index is 12.8. The Labute approximate surface area is 95.1 Å². The number of hydrogen-bond donors (Lipinski definition) is 0. The first-order valence-electron chi connectivity index (χ1n) is 5.19. The lowest BCUT2D eigenvalue weighted by Crippen LogP contribution is -1.89. The number of rotatable bonds is 2. The Hall–Kier alpha value is -1.89. The molecule has 80 valence electrons. The summed E-state index contributed by atoms with van der Waals surface area (Å²) >= 11 is 0. The summed E-state index contributed by atoms with van der Waals surface area (Å²) in [5.41, 5.74) is 4.17. The molecule has 2 aromatic carbocycles. The molecule has 0 bridgehead atoms. The summed E-state index contributed by atoms with van der Waals surface area (Å²) in [5.74, 6) is -0.221. The Morgan fingerprint density at radius 1 is 1.00 bits per heavy atom. The van der Waals surface area contributed by atoms with Crippen LogP contribution in [0.3, 0.4) is 0 Å². The smallest absolute Gasteiger partial charge is 0.123 e. The quantitative estimate of drug-likeness (QED) is 0.700. The van der Waals surface area contributed by atoms with E-state index in [1.807, 2.05) is 31.2 Å². The van der Waals surface area contributed by atoms with E-state index in [1.54, 1.807) is 12.1 Å². The molecule has 2 aromatic rings.